The molecule has 2 aromatic carbocycles. The Labute approximate surface area is 213 Å². The number of halogens is 1. The number of methoxy groups -OCH3 is 2. The number of carbonyl (C=O) groups is 1. The molecule has 0 aromatic heterocycles. The van der Waals surface area contributed by atoms with Gasteiger partial charge in [-0.05, 0) is 61.6 Å². The Morgan fingerprint density at radius 3 is 2.48 bits per heavy atom. The van der Waals surface area contributed by atoms with Crippen LogP contribution >= 0.6 is 24.0 Å². The van der Waals surface area contributed by atoms with E-state index in [2.05, 4.69) is 16.0 Å². The van der Waals surface area contributed by atoms with Gasteiger partial charge in [-0.25, -0.2) is 4.99 Å². The minimum atomic E-state index is 0. The van der Waals surface area contributed by atoms with E-state index in [9.17, 15) is 4.79 Å². The monoisotopic (exact) mass is 566 g/mol. The van der Waals surface area contributed by atoms with Crippen molar-refractivity contribution < 1.29 is 14.3 Å². The molecule has 1 aliphatic carbocycles. The van der Waals surface area contributed by atoms with Crippen LogP contribution in [0.25, 0.3) is 0 Å². The Balaban J connectivity index is 0.00000385. The van der Waals surface area contributed by atoms with Gasteiger partial charge in [0.25, 0.3) is 0 Å². The average molecular weight is 566 g/mol. The molecule has 3 N–H and O–H groups in total. The van der Waals surface area contributed by atoms with Gasteiger partial charge >= 0.3 is 0 Å². The third-order valence-electron chi connectivity index (χ3n) is 5.59. The van der Waals surface area contributed by atoms with Crippen LogP contribution in [0.1, 0.15) is 37.3 Å². The molecular formula is C25H35IN4O3. The van der Waals surface area contributed by atoms with Crippen LogP contribution in [0.15, 0.2) is 47.5 Å². The first-order chi connectivity index (χ1) is 15.6. The molecule has 0 spiro atoms. The molecule has 3 rings (SSSR count). The SMILES string of the molecule is CCNC(=NCc1cccc(NC(=O)C2CCC2)c1)NCCc1ccc(OC)c(OC)c1.I. The molecule has 0 atom stereocenters. The number of benzene rings is 2. The number of hydrogen-bond acceptors (Lipinski definition) is 4. The summed E-state index contributed by atoms with van der Waals surface area (Å²) in [5.74, 6) is 2.52. The molecule has 1 amide bonds. The van der Waals surface area contributed by atoms with Gasteiger partial charge in [-0.2, -0.15) is 0 Å². The second-order valence-electron chi connectivity index (χ2n) is 7.88. The van der Waals surface area contributed by atoms with E-state index < -0.39 is 0 Å². The molecule has 0 bridgehead atoms. The number of anilines is 1. The van der Waals surface area contributed by atoms with Gasteiger partial charge in [0.15, 0.2) is 17.5 Å². The highest BCUT2D eigenvalue weighted by atomic mass is 127. The highest BCUT2D eigenvalue weighted by Crippen LogP contribution is 2.28. The Morgan fingerprint density at radius 2 is 1.82 bits per heavy atom. The van der Waals surface area contributed by atoms with Gasteiger partial charge < -0.3 is 25.4 Å². The summed E-state index contributed by atoms with van der Waals surface area (Å²) in [6.07, 6.45) is 3.97. The minimum Gasteiger partial charge on any atom is -0.493 e. The zero-order valence-electron chi connectivity index (χ0n) is 19.6. The third kappa shape index (κ3) is 8.10. The molecule has 0 radical (unpaired) electrons. The molecule has 8 heteroatoms. The Bertz CT molecular complexity index is 932. The van der Waals surface area contributed by atoms with Crippen molar-refractivity contribution in [1.29, 1.82) is 0 Å². The molecule has 0 unspecified atom stereocenters. The van der Waals surface area contributed by atoms with Crippen LogP contribution in [0.2, 0.25) is 0 Å². The fourth-order valence-corrected chi connectivity index (χ4v) is 3.54. The van der Waals surface area contributed by atoms with Gasteiger partial charge in [0.2, 0.25) is 5.91 Å². The van der Waals surface area contributed by atoms with Crippen molar-refractivity contribution in [2.45, 2.75) is 39.2 Å². The average Bonchev–Trinajstić information content (AvgIpc) is 2.76. The lowest BCUT2D eigenvalue weighted by Gasteiger charge is -2.24. The first kappa shape index (κ1) is 26.8. The van der Waals surface area contributed by atoms with Gasteiger partial charge in [0.05, 0.1) is 20.8 Å². The highest BCUT2D eigenvalue weighted by molar-refractivity contribution is 14.0. The number of guanidine groups is 1. The lowest BCUT2D eigenvalue weighted by Crippen LogP contribution is -2.38. The second kappa shape index (κ2) is 13.9. The zero-order valence-corrected chi connectivity index (χ0v) is 22.0. The zero-order chi connectivity index (χ0) is 22.8. The summed E-state index contributed by atoms with van der Waals surface area (Å²) in [5.41, 5.74) is 3.04. The van der Waals surface area contributed by atoms with Crippen molar-refractivity contribution in [3.8, 4) is 11.5 Å². The molecule has 1 saturated carbocycles. The Hall–Kier alpha value is -2.49. The van der Waals surface area contributed by atoms with Crippen LogP contribution in [0.5, 0.6) is 11.5 Å². The fraction of sp³-hybridized carbons (Fsp3) is 0.440. The van der Waals surface area contributed by atoms with Crippen molar-refractivity contribution in [1.82, 2.24) is 10.6 Å². The number of rotatable bonds is 10. The third-order valence-corrected chi connectivity index (χ3v) is 5.59. The lowest BCUT2D eigenvalue weighted by molar-refractivity contribution is -0.122. The standard InChI is InChI=1S/C25H34N4O3.HI/c1-4-26-25(27-14-13-18-11-12-22(31-2)23(16-18)32-3)28-17-19-7-5-10-21(15-19)29-24(30)20-8-6-9-20;/h5,7,10-12,15-16,20H,4,6,8-9,13-14,17H2,1-3H3,(H,29,30)(H2,26,27,28);1H. The first-order valence-corrected chi connectivity index (χ1v) is 11.3. The van der Waals surface area contributed by atoms with E-state index in [0.29, 0.717) is 6.54 Å². The molecule has 0 aliphatic heterocycles. The summed E-state index contributed by atoms with van der Waals surface area (Å²) in [5, 5.41) is 9.69. The van der Waals surface area contributed by atoms with Crippen LogP contribution < -0.4 is 25.4 Å². The van der Waals surface area contributed by atoms with E-state index in [0.717, 1.165) is 73.0 Å². The number of hydrogen-bond donors (Lipinski definition) is 3. The number of carbonyl (C=O) groups excluding carboxylic acids is 1. The molecule has 7 nitrogen and oxygen atoms in total. The highest BCUT2D eigenvalue weighted by Gasteiger charge is 2.25. The molecule has 1 aliphatic rings. The van der Waals surface area contributed by atoms with E-state index >= 15 is 0 Å². The molecular weight excluding hydrogens is 531 g/mol. The number of aliphatic imine (C=N–C) groups is 1. The van der Waals surface area contributed by atoms with Crippen LogP contribution in [0.3, 0.4) is 0 Å². The van der Waals surface area contributed by atoms with E-state index in [-0.39, 0.29) is 35.8 Å². The number of nitrogens with one attached hydrogen (secondary N) is 3. The van der Waals surface area contributed by atoms with Gasteiger partial charge in [0, 0.05) is 24.7 Å². The summed E-state index contributed by atoms with van der Waals surface area (Å²) >= 11 is 0. The topological polar surface area (TPSA) is 84.0 Å². The minimum absolute atomic E-state index is 0. The van der Waals surface area contributed by atoms with Crippen LogP contribution in [0, 0.1) is 5.92 Å². The number of amides is 1. The second-order valence-corrected chi connectivity index (χ2v) is 7.88. The van der Waals surface area contributed by atoms with Crippen molar-refractivity contribution in [2.24, 2.45) is 10.9 Å². The molecule has 180 valence electrons. The van der Waals surface area contributed by atoms with Crippen molar-refractivity contribution in [3.63, 3.8) is 0 Å². The van der Waals surface area contributed by atoms with Gasteiger partial charge in [-0.15, -0.1) is 24.0 Å². The Morgan fingerprint density at radius 1 is 1.03 bits per heavy atom. The smallest absolute Gasteiger partial charge is 0.227 e. The van der Waals surface area contributed by atoms with E-state index in [1.165, 1.54) is 0 Å². The normalized spacial score (nSPS) is 13.4. The van der Waals surface area contributed by atoms with Crippen molar-refractivity contribution >= 4 is 41.5 Å². The van der Waals surface area contributed by atoms with Crippen LogP contribution in [-0.4, -0.2) is 39.2 Å². The fourth-order valence-electron chi connectivity index (χ4n) is 3.54. The maximum Gasteiger partial charge on any atom is 0.227 e. The summed E-state index contributed by atoms with van der Waals surface area (Å²) in [7, 11) is 3.28. The van der Waals surface area contributed by atoms with Crippen molar-refractivity contribution in [2.75, 3.05) is 32.6 Å². The predicted molar refractivity (Wildman–Crippen MR) is 144 cm³/mol. The van der Waals surface area contributed by atoms with Gasteiger partial charge in [-0.1, -0.05) is 24.6 Å². The summed E-state index contributed by atoms with van der Waals surface area (Å²) in [6.45, 7) is 4.08. The Kier molecular flexibility index (Phi) is 11.3. The molecule has 0 saturated heterocycles. The summed E-state index contributed by atoms with van der Waals surface area (Å²) < 4.78 is 10.7. The molecule has 33 heavy (non-hydrogen) atoms. The molecule has 0 heterocycles. The van der Waals surface area contributed by atoms with E-state index in [1.54, 1.807) is 14.2 Å². The van der Waals surface area contributed by atoms with Gasteiger partial charge in [-0.3, -0.25) is 4.79 Å². The number of ether oxygens (including phenoxy) is 2. The van der Waals surface area contributed by atoms with E-state index in [1.807, 2.05) is 49.4 Å². The van der Waals surface area contributed by atoms with Crippen molar-refractivity contribution in [3.05, 3.63) is 53.6 Å². The van der Waals surface area contributed by atoms with Crippen LogP contribution in [0.4, 0.5) is 5.69 Å². The summed E-state index contributed by atoms with van der Waals surface area (Å²) in [6, 6.07) is 13.9. The first-order valence-electron chi connectivity index (χ1n) is 11.3. The predicted octanol–water partition coefficient (Wildman–Crippen LogP) is 4.36. The van der Waals surface area contributed by atoms with Crippen LogP contribution in [-0.2, 0) is 17.8 Å². The van der Waals surface area contributed by atoms with Gasteiger partial charge in [0.1, 0.15) is 0 Å². The summed E-state index contributed by atoms with van der Waals surface area (Å²) in [4.78, 5) is 16.9. The van der Waals surface area contributed by atoms with E-state index in [4.69, 9.17) is 14.5 Å². The maximum atomic E-state index is 12.2. The lowest BCUT2D eigenvalue weighted by atomic mass is 9.85. The largest absolute Gasteiger partial charge is 0.493 e. The molecule has 2 aromatic rings. The number of nitrogens with zero attached hydrogens (tertiary/aromatic N) is 1. The quantitative estimate of drug-likeness (QED) is 0.226. The molecule has 1 fully saturated rings. The maximum absolute atomic E-state index is 12.2.